The van der Waals surface area contributed by atoms with Crippen LogP contribution < -0.4 is 5.73 Å². The van der Waals surface area contributed by atoms with E-state index in [-0.39, 0.29) is 12.2 Å². The molecule has 0 radical (unpaired) electrons. The van der Waals surface area contributed by atoms with Crippen molar-refractivity contribution in [3.63, 3.8) is 0 Å². The molecule has 0 fully saturated rings. The van der Waals surface area contributed by atoms with E-state index in [1.807, 2.05) is 0 Å². The molecule has 80 valence electrons. The number of rotatable bonds is 3. The maximum atomic E-state index is 13.0. The fourth-order valence-corrected chi connectivity index (χ4v) is 0.820. The molecule has 0 unspecified atom stereocenters. The Morgan fingerprint density at radius 1 is 1.33 bits per heavy atom. The van der Waals surface area contributed by atoms with Crippen LogP contribution in [0.5, 0.6) is 0 Å². The monoisotopic (exact) mass is 217 g/mol. The highest BCUT2D eigenvalue weighted by molar-refractivity contribution is 5.79. The summed E-state index contributed by atoms with van der Waals surface area (Å²) in [7, 11) is 0. The number of benzene rings is 1. The Labute approximate surface area is 83.3 Å². The number of nitrogens with two attached hydrogens (primary N) is 1. The van der Waals surface area contributed by atoms with Crippen molar-refractivity contribution in [1.29, 1.82) is 5.53 Å². The second-order valence-electron chi connectivity index (χ2n) is 2.59. The Morgan fingerprint density at radius 2 is 2.00 bits per heavy atom. The number of hydrogen-bond acceptors (Lipinski definition) is 2. The first kappa shape index (κ1) is 11.3. The molecule has 0 aliphatic heterocycles. The lowest BCUT2D eigenvalue weighted by Gasteiger charge is -1.97. The van der Waals surface area contributed by atoms with Crippen LogP contribution in [0.25, 0.3) is 0 Å². The molecule has 0 aliphatic rings. The molecule has 0 bridgehead atoms. The van der Waals surface area contributed by atoms with Gasteiger partial charge in [-0.05, 0) is 17.7 Å². The zero-order valence-corrected chi connectivity index (χ0v) is 7.54. The van der Waals surface area contributed by atoms with Crippen molar-refractivity contribution in [1.82, 2.24) is 0 Å². The van der Waals surface area contributed by atoms with Crippen LogP contribution >= 0.6 is 0 Å². The lowest BCUT2D eigenvalue weighted by atomic mass is 10.2. The maximum absolute atomic E-state index is 13.0. The summed E-state index contributed by atoms with van der Waals surface area (Å²) in [4.78, 5) is 0.570. The summed E-state index contributed by atoms with van der Waals surface area (Å²) in [6, 6.07) is 1.79. The van der Waals surface area contributed by atoms with Gasteiger partial charge in [-0.1, -0.05) is 0 Å². The number of nitrogens with zero attached hydrogens (tertiary/aromatic N) is 2. The molecule has 4 nitrogen and oxygen atoms in total. The fraction of sp³-hybridized carbons (Fsp3) is 0.125. The van der Waals surface area contributed by atoms with Gasteiger partial charge in [0.05, 0.1) is 0 Å². The van der Waals surface area contributed by atoms with E-state index in [1.165, 1.54) is 0 Å². The Bertz CT molecular complexity index is 417. The lowest BCUT2D eigenvalue weighted by molar-refractivity contribution is -0.619. The smallest absolute Gasteiger partial charge is 0.252 e. The van der Waals surface area contributed by atoms with Gasteiger partial charge < -0.3 is 0 Å². The third-order valence-electron chi connectivity index (χ3n) is 1.57. The van der Waals surface area contributed by atoms with Crippen molar-refractivity contribution in [2.45, 2.75) is 0 Å². The van der Waals surface area contributed by atoms with Crippen molar-refractivity contribution in [2.75, 3.05) is 6.67 Å². The molecule has 0 aliphatic carbocycles. The summed E-state index contributed by atoms with van der Waals surface area (Å²) in [6.45, 7) is -0.193. The molecule has 3 N–H and O–H groups in total. The molecule has 15 heavy (non-hydrogen) atoms. The number of halogens is 3. The highest BCUT2D eigenvalue weighted by Gasteiger charge is 2.12. The standard InChI is InChI=1S/C8H8F3N4/c9-6-2-1-5(7(10)8(6)11)3-14-15(13)4-12/h1-3,13H,4,12H2/q+1/b14-3+,15-13?. The first-order valence-corrected chi connectivity index (χ1v) is 3.92. The first-order chi connectivity index (χ1) is 7.06. The molecule has 1 aromatic rings. The Morgan fingerprint density at radius 3 is 2.60 bits per heavy atom. The largest absolute Gasteiger partial charge is 0.271 e. The number of hydrazone groups is 1. The minimum Gasteiger partial charge on any atom is -0.271 e. The summed E-state index contributed by atoms with van der Waals surface area (Å²) in [6.07, 6.45) is 0.887. The van der Waals surface area contributed by atoms with Gasteiger partial charge in [0.2, 0.25) is 0 Å². The van der Waals surface area contributed by atoms with Crippen LogP contribution in [0.2, 0.25) is 0 Å². The van der Waals surface area contributed by atoms with Crippen LogP contribution in [0.1, 0.15) is 5.56 Å². The predicted molar refractivity (Wildman–Crippen MR) is 45.9 cm³/mol. The van der Waals surface area contributed by atoms with E-state index in [4.69, 9.17) is 11.3 Å². The molecule has 0 aromatic heterocycles. The van der Waals surface area contributed by atoms with Crippen LogP contribution in [-0.2, 0) is 0 Å². The van der Waals surface area contributed by atoms with Crippen molar-refractivity contribution in [3.8, 4) is 0 Å². The molecule has 1 rings (SSSR count). The molecule has 7 heteroatoms. The van der Waals surface area contributed by atoms with Gasteiger partial charge >= 0.3 is 0 Å². The zero-order valence-electron chi connectivity index (χ0n) is 7.54. The molecular formula is C8H8F3N4+. The van der Waals surface area contributed by atoms with E-state index >= 15 is 0 Å². The minimum atomic E-state index is -1.57. The Balaban J connectivity index is 3.02. The Kier molecular flexibility index (Phi) is 3.51. The van der Waals surface area contributed by atoms with Gasteiger partial charge in [0.25, 0.3) is 6.67 Å². The van der Waals surface area contributed by atoms with Gasteiger partial charge in [0, 0.05) is 15.5 Å². The molecule has 0 spiro atoms. The average molecular weight is 217 g/mol. The van der Waals surface area contributed by atoms with E-state index in [1.54, 1.807) is 0 Å². The van der Waals surface area contributed by atoms with E-state index < -0.39 is 17.5 Å². The topological polar surface area (TPSA) is 65.2 Å². The van der Waals surface area contributed by atoms with Crippen LogP contribution in [0, 0.1) is 23.0 Å². The average Bonchev–Trinajstić information content (AvgIpc) is 2.24. The van der Waals surface area contributed by atoms with Gasteiger partial charge in [-0.3, -0.25) is 5.73 Å². The molecular weight excluding hydrogens is 209 g/mol. The predicted octanol–water partition coefficient (Wildman–Crippen LogP) is 1.40. The normalized spacial score (nSPS) is 10.9. The fourth-order valence-electron chi connectivity index (χ4n) is 0.820. The zero-order chi connectivity index (χ0) is 11.4. The highest BCUT2D eigenvalue weighted by atomic mass is 19.2. The van der Waals surface area contributed by atoms with Gasteiger partial charge in [-0.2, -0.15) is 0 Å². The molecule has 0 amide bonds. The van der Waals surface area contributed by atoms with Gasteiger partial charge in [0.15, 0.2) is 17.5 Å². The first-order valence-electron chi connectivity index (χ1n) is 3.92. The molecule has 0 heterocycles. The van der Waals surface area contributed by atoms with E-state index in [2.05, 4.69) is 5.10 Å². The molecule has 0 saturated heterocycles. The quantitative estimate of drug-likeness (QED) is 0.197. The third-order valence-corrected chi connectivity index (χ3v) is 1.57. The molecule has 1 aromatic carbocycles. The second-order valence-corrected chi connectivity index (χ2v) is 2.59. The maximum Gasteiger partial charge on any atom is 0.252 e. The van der Waals surface area contributed by atoms with E-state index in [9.17, 15) is 13.2 Å². The summed E-state index contributed by atoms with van der Waals surface area (Å²) in [5, 5.41) is 3.37. The van der Waals surface area contributed by atoms with Crippen LogP contribution in [0.4, 0.5) is 13.2 Å². The van der Waals surface area contributed by atoms with E-state index in [0.717, 1.165) is 18.3 Å². The van der Waals surface area contributed by atoms with Crippen molar-refractivity contribution < 1.29 is 18.0 Å². The van der Waals surface area contributed by atoms with Crippen LogP contribution in [0.3, 0.4) is 0 Å². The SMILES string of the molecule is N=[N+](CN)/N=C/c1ccc(F)c(F)c1F. The van der Waals surface area contributed by atoms with Gasteiger partial charge in [0.1, 0.15) is 6.21 Å². The highest BCUT2D eigenvalue weighted by Crippen LogP contribution is 2.13. The van der Waals surface area contributed by atoms with Crippen molar-refractivity contribution in [3.05, 3.63) is 35.1 Å². The lowest BCUT2D eigenvalue weighted by Crippen LogP contribution is -2.11. The Hall–Kier alpha value is -1.76. The van der Waals surface area contributed by atoms with E-state index in [0.29, 0.717) is 4.81 Å². The van der Waals surface area contributed by atoms with Gasteiger partial charge in [-0.15, -0.1) is 0 Å². The number of hydrogen-bond donors (Lipinski definition) is 2. The molecule has 0 saturated carbocycles. The summed E-state index contributed by atoms with van der Waals surface area (Å²) < 4.78 is 38.2. The second kappa shape index (κ2) is 4.65. The third kappa shape index (κ3) is 2.59. The van der Waals surface area contributed by atoms with Crippen LogP contribution in [-0.4, -0.2) is 17.7 Å². The van der Waals surface area contributed by atoms with Crippen LogP contribution in [0.15, 0.2) is 17.2 Å². The van der Waals surface area contributed by atoms with Gasteiger partial charge in [-0.25, -0.2) is 13.2 Å². The molecule has 0 atom stereocenters. The van der Waals surface area contributed by atoms with Crippen molar-refractivity contribution in [2.24, 2.45) is 10.8 Å². The summed E-state index contributed by atoms with van der Waals surface area (Å²) in [5.74, 6) is -4.18. The summed E-state index contributed by atoms with van der Waals surface area (Å²) >= 11 is 0. The summed E-state index contributed by atoms with van der Waals surface area (Å²) in [5.41, 5.74) is 11.7. The number of nitrogens with one attached hydrogen (secondary N) is 1. The van der Waals surface area contributed by atoms with Crippen molar-refractivity contribution >= 4 is 6.21 Å². The minimum absolute atomic E-state index is 0.193.